The second-order valence-corrected chi connectivity index (χ2v) is 23.6. The molecule has 0 aromatic rings. The number of allylic oxidation sites excluding steroid dienone is 19. The fraction of sp³-hybridized carbons (Fsp3) is 0.681. The molecule has 0 heterocycles. The number of unbranched alkanes of at least 4 members (excludes halogenated alkanes) is 22. The van der Waals surface area contributed by atoms with E-state index in [1.165, 1.54) is 89.9 Å². The van der Waals surface area contributed by atoms with Crippen LogP contribution in [0.1, 0.15) is 252 Å². The summed E-state index contributed by atoms with van der Waals surface area (Å²) in [4.78, 5) is 40.0. The molecule has 0 rings (SSSR count). The number of esters is 1. The van der Waals surface area contributed by atoms with Gasteiger partial charge >= 0.3 is 5.97 Å². The van der Waals surface area contributed by atoms with Gasteiger partial charge in [-0.25, -0.2) is 0 Å². The summed E-state index contributed by atoms with van der Waals surface area (Å²) in [6.45, 7) is 6.65. The smallest absolute Gasteiger partial charge is 0.306 e. The molecule has 0 aromatic heterocycles. The maximum atomic E-state index is 13.5. The number of hydrogen-bond donors (Lipinski definition) is 1. The molecule has 1 amide bonds. The molecule has 79 heavy (non-hydrogen) atoms. The van der Waals surface area contributed by atoms with Gasteiger partial charge in [0.25, 0.3) is 7.82 Å². The van der Waals surface area contributed by atoms with Gasteiger partial charge in [-0.15, -0.1) is 0 Å². The highest BCUT2D eigenvalue weighted by Crippen LogP contribution is 2.38. The molecular weight excluding hydrogens is 1000 g/mol. The zero-order valence-electron chi connectivity index (χ0n) is 51.5. The number of carbonyl (C=O) groups excluding carboxylic acids is 2. The number of nitrogens with one attached hydrogen (secondary N) is 1. The van der Waals surface area contributed by atoms with Gasteiger partial charge in [-0.1, -0.05) is 239 Å². The summed E-state index contributed by atoms with van der Waals surface area (Å²) in [5.41, 5.74) is 0. The first-order valence-electron chi connectivity index (χ1n) is 31.8. The van der Waals surface area contributed by atoms with Gasteiger partial charge in [0, 0.05) is 12.8 Å². The molecule has 452 valence electrons. The summed E-state index contributed by atoms with van der Waals surface area (Å²) in [6.07, 6.45) is 80.2. The molecule has 10 heteroatoms. The van der Waals surface area contributed by atoms with Crippen molar-refractivity contribution < 1.29 is 37.3 Å². The number of likely N-dealkylation sites (N-methyl/N-ethyl adjacent to an activating group) is 1. The Kier molecular flexibility index (Phi) is 55.0. The SMILES string of the molecule is CC/C=C\C/C=C\C/C=C\C/C=C\C/C=C\CCCCCCCCCC(=O)OC(/C=C/CCCCCCCCCCC)C(COP(=O)([O-])OCC[N+](C)(C)C)NC(=O)CCCCC/C=C\C/C=C\C/C=C\C/C=C\CCCCC. The lowest BCUT2D eigenvalue weighted by molar-refractivity contribution is -0.870. The largest absolute Gasteiger partial charge is 0.756 e. The monoisotopic (exact) mass is 1120 g/mol. The topological polar surface area (TPSA) is 114 Å². The number of rotatable bonds is 56. The highest BCUT2D eigenvalue weighted by molar-refractivity contribution is 7.45. The minimum Gasteiger partial charge on any atom is -0.756 e. The van der Waals surface area contributed by atoms with Gasteiger partial charge in [-0.2, -0.15) is 0 Å². The Morgan fingerprint density at radius 2 is 0.810 bits per heavy atom. The first kappa shape index (κ1) is 75.4. The maximum absolute atomic E-state index is 13.5. The number of quaternary nitrogens is 1. The zero-order valence-corrected chi connectivity index (χ0v) is 52.4. The van der Waals surface area contributed by atoms with Crippen molar-refractivity contribution in [2.24, 2.45) is 0 Å². The van der Waals surface area contributed by atoms with Gasteiger partial charge in [0.05, 0.1) is 33.8 Å². The summed E-state index contributed by atoms with van der Waals surface area (Å²) >= 11 is 0. The van der Waals surface area contributed by atoms with Crippen LogP contribution in [0.15, 0.2) is 122 Å². The van der Waals surface area contributed by atoms with E-state index < -0.39 is 26.6 Å². The second kappa shape index (κ2) is 57.6. The summed E-state index contributed by atoms with van der Waals surface area (Å²) in [7, 11) is 1.14. The van der Waals surface area contributed by atoms with Crippen LogP contribution in [0.3, 0.4) is 0 Å². The number of phosphoric ester groups is 1. The number of phosphoric acid groups is 1. The van der Waals surface area contributed by atoms with Crippen LogP contribution < -0.4 is 10.2 Å². The van der Waals surface area contributed by atoms with Gasteiger partial charge in [-0.05, 0) is 122 Å². The third kappa shape index (κ3) is 58.9. The average molecular weight is 1120 g/mol. The van der Waals surface area contributed by atoms with E-state index in [4.69, 9.17) is 13.8 Å². The molecule has 0 aliphatic heterocycles. The molecule has 0 saturated heterocycles. The molecule has 0 aliphatic carbocycles. The summed E-state index contributed by atoms with van der Waals surface area (Å²) in [6, 6.07) is -0.918. The molecule has 0 aliphatic rings. The molecule has 0 saturated carbocycles. The Labute approximate surface area is 486 Å². The maximum Gasteiger partial charge on any atom is 0.306 e. The summed E-state index contributed by atoms with van der Waals surface area (Å²) < 4.78 is 30.3. The zero-order chi connectivity index (χ0) is 57.9. The molecule has 3 unspecified atom stereocenters. The molecule has 0 bridgehead atoms. The highest BCUT2D eigenvalue weighted by atomic mass is 31.2. The Morgan fingerprint density at radius 1 is 0.456 bits per heavy atom. The predicted octanol–water partition coefficient (Wildman–Crippen LogP) is 19.3. The third-order valence-corrected chi connectivity index (χ3v) is 14.3. The minimum atomic E-state index is -4.72. The molecule has 0 radical (unpaired) electrons. The number of ether oxygens (including phenoxy) is 1. The Hall–Kier alpha value is -3.59. The molecule has 9 nitrogen and oxygen atoms in total. The van der Waals surface area contributed by atoms with E-state index in [0.29, 0.717) is 23.9 Å². The van der Waals surface area contributed by atoms with E-state index in [1.807, 2.05) is 33.3 Å². The van der Waals surface area contributed by atoms with Crippen LogP contribution in [0.5, 0.6) is 0 Å². The quantitative estimate of drug-likeness (QED) is 0.0212. The van der Waals surface area contributed by atoms with Crippen molar-refractivity contribution in [3.63, 3.8) is 0 Å². The van der Waals surface area contributed by atoms with Crippen molar-refractivity contribution in [3.05, 3.63) is 122 Å². The molecule has 0 fully saturated rings. The highest BCUT2D eigenvalue weighted by Gasteiger charge is 2.27. The van der Waals surface area contributed by atoms with Crippen LogP contribution in [-0.4, -0.2) is 69.4 Å². The normalized spacial score (nSPS) is 14.5. The fourth-order valence-electron chi connectivity index (χ4n) is 8.47. The first-order valence-corrected chi connectivity index (χ1v) is 33.3. The van der Waals surface area contributed by atoms with Gasteiger partial charge in [0.1, 0.15) is 19.3 Å². The van der Waals surface area contributed by atoms with E-state index in [2.05, 4.69) is 135 Å². The average Bonchev–Trinajstić information content (AvgIpc) is 3.41. The number of hydrogen-bond acceptors (Lipinski definition) is 7. The van der Waals surface area contributed by atoms with E-state index in [9.17, 15) is 19.0 Å². The van der Waals surface area contributed by atoms with Crippen molar-refractivity contribution in [2.45, 2.75) is 264 Å². The Morgan fingerprint density at radius 3 is 1.25 bits per heavy atom. The van der Waals surface area contributed by atoms with Crippen LogP contribution in [0.2, 0.25) is 0 Å². The van der Waals surface area contributed by atoms with Crippen LogP contribution in [0.4, 0.5) is 0 Å². The van der Waals surface area contributed by atoms with Crippen molar-refractivity contribution in [1.29, 1.82) is 0 Å². The molecule has 1 N–H and O–H groups in total. The minimum absolute atomic E-state index is 0.0372. The fourth-order valence-corrected chi connectivity index (χ4v) is 9.19. The standard InChI is InChI=1S/C69H119N2O7P/c1-7-10-13-16-19-22-25-27-29-31-33-34-35-36-38-40-42-44-47-50-53-56-59-62-69(73)78-67(60-57-54-51-48-45-24-21-18-15-12-9-3)66(65-77-79(74,75)76-64-63-71(4,5)6)70-68(72)61-58-55-52-49-46-43-41-39-37-32-30-28-26-23-20-17-14-11-8-2/h10,13,19-20,22-23,27-30,33-34,36-39,43,46,57,60,66-67H,7-9,11-12,14-18,21,24-26,31-32,35,40-42,44-45,47-56,58-59,61-65H2,1-6H3,(H-,70,72,74,75)/b13-10-,22-19-,23-20-,29-27-,30-28-,34-33-,38-36-,39-37-,46-43-,60-57+. The van der Waals surface area contributed by atoms with E-state index in [0.717, 1.165) is 116 Å². The molecular formula is C69H119N2O7P. The van der Waals surface area contributed by atoms with Gasteiger partial charge in [0.2, 0.25) is 5.91 Å². The Bertz CT molecular complexity index is 1770. The van der Waals surface area contributed by atoms with Gasteiger partial charge in [-0.3, -0.25) is 14.2 Å². The van der Waals surface area contributed by atoms with E-state index in [-0.39, 0.29) is 31.3 Å². The van der Waals surface area contributed by atoms with Crippen molar-refractivity contribution >= 4 is 19.7 Å². The molecule has 0 spiro atoms. The number of amides is 1. The van der Waals surface area contributed by atoms with Gasteiger partial charge < -0.3 is 28.5 Å². The van der Waals surface area contributed by atoms with Crippen LogP contribution in [0.25, 0.3) is 0 Å². The van der Waals surface area contributed by atoms with E-state index in [1.54, 1.807) is 0 Å². The second-order valence-electron chi connectivity index (χ2n) is 22.2. The molecule has 0 aromatic carbocycles. The lowest BCUT2D eigenvalue weighted by Crippen LogP contribution is -2.47. The van der Waals surface area contributed by atoms with Crippen molar-refractivity contribution in [3.8, 4) is 0 Å². The summed E-state index contributed by atoms with van der Waals surface area (Å²) in [5, 5.41) is 3.01. The van der Waals surface area contributed by atoms with Crippen LogP contribution in [0, 0.1) is 0 Å². The van der Waals surface area contributed by atoms with Crippen LogP contribution >= 0.6 is 7.82 Å². The number of nitrogens with zero attached hydrogens (tertiary/aromatic N) is 1. The summed E-state index contributed by atoms with van der Waals surface area (Å²) in [5.74, 6) is -0.598. The van der Waals surface area contributed by atoms with E-state index >= 15 is 0 Å². The Balaban J connectivity index is 5.27. The van der Waals surface area contributed by atoms with Crippen molar-refractivity contribution in [1.82, 2.24) is 5.32 Å². The molecule has 3 atom stereocenters. The lowest BCUT2D eigenvalue weighted by Gasteiger charge is -2.30. The van der Waals surface area contributed by atoms with Crippen LogP contribution in [-0.2, 0) is 27.9 Å². The van der Waals surface area contributed by atoms with Gasteiger partial charge in [0.15, 0.2) is 0 Å². The number of carbonyl (C=O) groups is 2. The predicted molar refractivity (Wildman–Crippen MR) is 339 cm³/mol. The van der Waals surface area contributed by atoms with Crippen molar-refractivity contribution in [2.75, 3.05) is 40.9 Å². The lowest BCUT2D eigenvalue weighted by atomic mass is 10.1. The first-order chi connectivity index (χ1) is 38.4. The third-order valence-electron chi connectivity index (χ3n) is 13.4.